The molecule has 7 heteroatoms. The smallest absolute Gasteiger partial charge is 0.176 e. The molecule has 0 aromatic heterocycles. The molecule has 1 heterocycles. The van der Waals surface area contributed by atoms with Crippen LogP contribution in [0.4, 0.5) is 0 Å². The first-order valence-corrected chi connectivity index (χ1v) is 11.6. The van der Waals surface area contributed by atoms with Gasteiger partial charge in [0.05, 0.1) is 25.9 Å². The van der Waals surface area contributed by atoms with Gasteiger partial charge < -0.3 is 34.4 Å². The number of aliphatic hydroxyl groups excluding tert-OH is 1. The molecule has 0 bridgehead atoms. The van der Waals surface area contributed by atoms with Gasteiger partial charge in [0.2, 0.25) is 0 Å². The molecule has 1 fully saturated rings. The lowest BCUT2D eigenvalue weighted by Gasteiger charge is -2.41. The molecule has 0 spiro atoms. The molecule has 0 unspecified atom stereocenters. The fourth-order valence-electron chi connectivity index (χ4n) is 5.87. The minimum absolute atomic E-state index is 0.159. The minimum Gasteiger partial charge on any atom is -0.508 e. The van der Waals surface area contributed by atoms with E-state index in [9.17, 15) is 15.3 Å². The molecule has 3 aromatic carbocycles. The summed E-state index contributed by atoms with van der Waals surface area (Å²) in [6.07, 6.45) is -0.860. The Morgan fingerprint density at radius 3 is 2.43 bits per heavy atom. The number of benzene rings is 3. The van der Waals surface area contributed by atoms with Gasteiger partial charge in [-0.05, 0) is 43.8 Å². The SMILES string of the molecule is COc1cc(OC)c2c(c1)O[C@@]1(c3ccc(O)c(CN(C)C)c3)[C@H](c3ccccc3)C[C@@H](O)[C@@]21O. The van der Waals surface area contributed by atoms with Crippen LogP contribution in [0.1, 0.15) is 34.6 Å². The normalized spacial score (nSPS) is 26.8. The Hall–Kier alpha value is -3.26. The van der Waals surface area contributed by atoms with Gasteiger partial charge in [0, 0.05) is 30.2 Å². The van der Waals surface area contributed by atoms with Crippen LogP contribution in [0, 0.1) is 0 Å². The number of methoxy groups -OCH3 is 2. The highest BCUT2D eigenvalue weighted by atomic mass is 16.5. The highest BCUT2D eigenvalue weighted by Gasteiger charge is 2.73. The third kappa shape index (κ3) is 3.30. The van der Waals surface area contributed by atoms with Crippen LogP contribution in [0.15, 0.2) is 60.7 Å². The van der Waals surface area contributed by atoms with Crippen molar-refractivity contribution >= 4 is 0 Å². The lowest BCUT2D eigenvalue weighted by atomic mass is 9.71. The van der Waals surface area contributed by atoms with Crippen LogP contribution in [0.3, 0.4) is 0 Å². The van der Waals surface area contributed by atoms with Crippen molar-refractivity contribution in [3.63, 3.8) is 0 Å². The van der Waals surface area contributed by atoms with Crippen molar-refractivity contribution in [3.05, 3.63) is 82.9 Å². The number of hydrogen-bond donors (Lipinski definition) is 3. The van der Waals surface area contributed by atoms with E-state index in [4.69, 9.17) is 14.2 Å². The zero-order valence-corrected chi connectivity index (χ0v) is 20.4. The average Bonchev–Trinajstić information content (AvgIpc) is 3.25. The second-order valence-corrected chi connectivity index (χ2v) is 9.60. The van der Waals surface area contributed by atoms with Gasteiger partial charge in [-0.15, -0.1) is 0 Å². The summed E-state index contributed by atoms with van der Waals surface area (Å²) in [5.41, 5.74) is -0.492. The molecular formula is C28H31NO6. The Morgan fingerprint density at radius 1 is 1.03 bits per heavy atom. The van der Waals surface area contributed by atoms with E-state index in [2.05, 4.69) is 0 Å². The zero-order valence-electron chi connectivity index (χ0n) is 20.4. The quantitative estimate of drug-likeness (QED) is 0.501. The summed E-state index contributed by atoms with van der Waals surface area (Å²) in [7, 11) is 6.92. The molecule has 7 nitrogen and oxygen atoms in total. The predicted molar refractivity (Wildman–Crippen MR) is 131 cm³/mol. The Balaban J connectivity index is 1.81. The van der Waals surface area contributed by atoms with E-state index in [0.717, 1.165) is 5.56 Å². The number of aromatic hydroxyl groups is 1. The van der Waals surface area contributed by atoms with Crippen molar-refractivity contribution in [1.29, 1.82) is 0 Å². The van der Waals surface area contributed by atoms with Crippen molar-refractivity contribution in [3.8, 4) is 23.0 Å². The standard InChI is InChI=1S/C28H31NO6/c1-29(2)16-18-12-19(10-11-22(18)30)28-21(17-8-6-5-7-9-17)15-25(31)27(28,32)26-23(34-4)13-20(33-3)14-24(26)35-28/h5-14,21,25,30-32H,15-16H2,1-4H3/t21-,25+,27+,28-/m0/s1. The molecule has 2 aliphatic rings. The summed E-state index contributed by atoms with van der Waals surface area (Å²) in [6, 6.07) is 18.4. The molecule has 3 aromatic rings. The van der Waals surface area contributed by atoms with Gasteiger partial charge in [-0.25, -0.2) is 0 Å². The predicted octanol–water partition coefficient (Wildman–Crippen LogP) is 3.49. The Bertz CT molecular complexity index is 1250. The molecule has 5 rings (SSSR count). The van der Waals surface area contributed by atoms with Crippen molar-refractivity contribution in [2.45, 2.75) is 36.2 Å². The van der Waals surface area contributed by atoms with E-state index < -0.39 is 17.3 Å². The van der Waals surface area contributed by atoms with Gasteiger partial charge in [-0.1, -0.05) is 36.4 Å². The van der Waals surface area contributed by atoms with Crippen molar-refractivity contribution < 1.29 is 29.5 Å². The first-order valence-electron chi connectivity index (χ1n) is 11.6. The number of fused-ring (bicyclic) bond motifs is 3. The lowest BCUT2D eigenvalue weighted by Crippen LogP contribution is -2.52. The summed E-state index contributed by atoms with van der Waals surface area (Å²) < 4.78 is 17.9. The third-order valence-electron chi connectivity index (χ3n) is 7.34. The molecule has 1 aliphatic carbocycles. The van der Waals surface area contributed by atoms with Gasteiger partial charge in [0.15, 0.2) is 11.2 Å². The highest BCUT2D eigenvalue weighted by Crippen LogP contribution is 2.68. The highest BCUT2D eigenvalue weighted by molar-refractivity contribution is 5.62. The summed E-state index contributed by atoms with van der Waals surface area (Å²) in [4.78, 5) is 1.96. The average molecular weight is 478 g/mol. The second kappa shape index (κ2) is 8.45. The summed E-state index contributed by atoms with van der Waals surface area (Å²) >= 11 is 0. The number of rotatable bonds is 6. The molecule has 0 saturated heterocycles. The van der Waals surface area contributed by atoms with Crippen LogP contribution < -0.4 is 14.2 Å². The minimum atomic E-state index is -1.81. The third-order valence-corrected chi connectivity index (χ3v) is 7.34. The van der Waals surface area contributed by atoms with Gasteiger partial charge in [-0.2, -0.15) is 0 Å². The summed E-state index contributed by atoms with van der Waals surface area (Å²) in [6.45, 7) is 0.497. The fraction of sp³-hybridized carbons (Fsp3) is 0.357. The summed E-state index contributed by atoms with van der Waals surface area (Å²) in [5.74, 6) is 1.06. The largest absolute Gasteiger partial charge is 0.508 e. The number of phenolic OH excluding ortho intramolecular Hbond substituents is 1. The fourth-order valence-corrected chi connectivity index (χ4v) is 5.87. The van der Waals surface area contributed by atoms with Gasteiger partial charge in [0.25, 0.3) is 0 Å². The van der Waals surface area contributed by atoms with E-state index >= 15 is 0 Å². The van der Waals surface area contributed by atoms with Gasteiger partial charge in [0.1, 0.15) is 23.0 Å². The molecule has 35 heavy (non-hydrogen) atoms. The maximum atomic E-state index is 12.5. The number of hydrogen-bond acceptors (Lipinski definition) is 7. The molecule has 0 amide bonds. The van der Waals surface area contributed by atoms with E-state index in [1.54, 1.807) is 31.4 Å². The zero-order chi connectivity index (χ0) is 25.0. The van der Waals surface area contributed by atoms with E-state index in [0.29, 0.717) is 40.5 Å². The maximum Gasteiger partial charge on any atom is 0.176 e. The first kappa shape index (κ1) is 23.5. The van der Waals surface area contributed by atoms with Gasteiger partial charge in [-0.3, -0.25) is 0 Å². The van der Waals surface area contributed by atoms with Crippen LogP contribution in [0.25, 0.3) is 0 Å². The summed E-state index contributed by atoms with van der Waals surface area (Å²) in [5, 5.41) is 34.6. The van der Waals surface area contributed by atoms with Crippen molar-refractivity contribution in [1.82, 2.24) is 4.90 Å². The molecular weight excluding hydrogens is 446 g/mol. The topological polar surface area (TPSA) is 91.6 Å². The Morgan fingerprint density at radius 2 is 1.77 bits per heavy atom. The van der Waals surface area contributed by atoms with Crippen molar-refractivity contribution in [2.75, 3.05) is 28.3 Å². The van der Waals surface area contributed by atoms with Crippen LogP contribution in [-0.2, 0) is 17.7 Å². The molecule has 1 aliphatic heterocycles. The lowest BCUT2D eigenvalue weighted by molar-refractivity contribution is -0.150. The molecule has 184 valence electrons. The second-order valence-electron chi connectivity index (χ2n) is 9.60. The Labute approximate surface area is 205 Å². The first-order chi connectivity index (χ1) is 16.8. The Kier molecular flexibility index (Phi) is 5.67. The number of nitrogens with zero attached hydrogens (tertiary/aromatic N) is 1. The van der Waals surface area contributed by atoms with E-state index in [1.165, 1.54) is 7.11 Å². The molecule has 3 N–H and O–H groups in total. The van der Waals surface area contributed by atoms with Crippen LogP contribution in [0.5, 0.6) is 23.0 Å². The molecule has 1 saturated carbocycles. The molecule has 4 atom stereocenters. The van der Waals surface area contributed by atoms with Crippen LogP contribution in [-0.4, -0.2) is 54.6 Å². The van der Waals surface area contributed by atoms with E-state index in [1.807, 2.05) is 55.4 Å². The number of aliphatic hydroxyl groups is 2. The monoisotopic (exact) mass is 477 g/mol. The number of ether oxygens (including phenoxy) is 3. The molecule has 0 radical (unpaired) electrons. The van der Waals surface area contributed by atoms with Crippen LogP contribution >= 0.6 is 0 Å². The maximum absolute atomic E-state index is 12.5. The van der Waals surface area contributed by atoms with Crippen LogP contribution in [0.2, 0.25) is 0 Å². The van der Waals surface area contributed by atoms with Crippen molar-refractivity contribution in [2.24, 2.45) is 0 Å². The number of phenols is 1. The van der Waals surface area contributed by atoms with E-state index in [-0.39, 0.29) is 18.1 Å². The van der Waals surface area contributed by atoms with Gasteiger partial charge >= 0.3 is 0 Å².